The van der Waals surface area contributed by atoms with Gasteiger partial charge < -0.3 is 10.6 Å². The summed E-state index contributed by atoms with van der Waals surface area (Å²) in [5.74, 6) is -1.77. The molecule has 16 nitrogen and oxygen atoms in total. The fourth-order valence-corrected chi connectivity index (χ4v) is 2.97. The van der Waals surface area contributed by atoms with Crippen LogP contribution in [0.1, 0.15) is 20.7 Å². The maximum Gasteiger partial charge on any atom is 0.299 e. The smallest absolute Gasteiger partial charge is 0.299 e. The number of amides is 2. The third-order valence-corrected chi connectivity index (χ3v) is 4.66. The van der Waals surface area contributed by atoms with Crippen molar-refractivity contribution in [2.24, 2.45) is 0 Å². The molecule has 0 radical (unpaired) electrons. The Bertz CT molecular complexity index is 1350. The lowest BCUT2D eigenvalue weighted by Gasteiger charge is -2.09. The number of nitrogens with one attached hydrogen (secondary N) is 2. The molecule has 0 aliphatic heterocycles. The third-order valence-electron chi connectivity index (χ3n) is 4.66. The largest absolute Gasteiger partial charge is 0.316 e. The van der Waals surface area contributed by atoms with Crippen molar-refractivity contribution < 1.29 is 29.3 Å². The van der Waals surface area contributed by atoms with Gasteiger partial charge in [0, 0.05) is 23.3 Å². The maximum absolute atomic E-state index is 12.6. The summed E-state index contributed by atoms with van der Waals surface area (Å²) in [7, 11) is 0. The van der Waals surface area contributed by atoms with Crippen molar-refractivity contribution in [3.05, 3.63) is 112 Å². The van der Waals surface area contributed by atoms with E-state index in [-0.39, 0.29) is 22.5 Å². The van der Waals surface area contributed by atoms with Gasteiger partial charge in [-0.2, -0.15) is 0 Å². The fourth-order valence-electron chi connectivity index (χ4n) is 2.97. The molecule has 3 rings (SSSR count). The van der Waals surface area contributed by atoms with E-state index in [1.807, 2.05) is 0 Å². The van der Waals surface area contributed by atoms with Crippen molar-refractivity contribution in [2.45, 2.75) is 0 Å². The first-order valence-electron chi connectivity index (χ1n) is 9.56. The summed E-state index contributed by atoms with van der Waals surface area (Å²) >= 11 is 0. The van der Waals surface area contributed by atoms with Crippen molar-refractivity contribution in [2.75, 3.05) is 10.6 Å². The van der Waals surface area contributed by atoms with Gasteiger partial charge in [0.1, 0.15) is 11.4 Å². The highest BCUT2D eigenvalue weighted by molar-refractivity contribution is 6.09. The summed E-state index contributed by atoms with van der Waals surface area (Å²) in [6.07, 6.45) is 0. The number of non-ortho nitro benzene ring substituents is 2. The number of nitro groups is 4. The van der Waals surface area contributed by atoms with Gasteiger partial charge in [0.25, 0.3) is 34.6 Å². The van der Waals surface area contributed by atoms with E-state index in [4.69, 9.17) is 0 Å². The summed E-state index contributed by atoms with van der Waals surface area (Å²) < 4.78 is 0. The van der Waals surface area contributed by atoms with Crippen LogP contribution < -0.4 is 10.6 Å². The Morgan fingerprint density at radius 2 is 0.944 bits per heavy atom. The topological polar surface area (TPSA) is 231 Å². The summed E-state index contributed by atoms with van der Waals surface area (Å²) in [6.45, 7) is 0. The quantitative estimate of drug-likeness (QED) is 0.338. The average Bonchev–Trinajstić information content (AvgIpc) is 2.83. The number of hydrogen-bond acceptors (Lipinski definition) is 10. The summed E-state index contributed by atoms with van der Waals surface area (Å²) in [5, 5.41) is 48.7. The minimum absolute atomic E-state index is 0.131. The van der Waals surface area contributed by atoms with Gasteiger partial charge in [-0.3, -0.25) is 50.0 Å². The molecule has 2 N–H and O–H groups in total. The first-order chi connectivity index (χ1) is 17.0. The van der Waals surface area contributed by atoms with E-state index in [0.717, 1.165) is 30.3 Å². The number of benzene rings is 3. The monoisotopic (exact) mass is 496 g/mol. The van der Waals surface area contributed by atoms with Crippen LogP contribution >= 0.6 is 0 Å². The lowest BCUT2D eigenvalue weighted by molar-refractivity contribution is -0.393. The number of hydrogen-bond donors (Lipinski definition) is 2. The van der Waals surface area contributed by atoms with E-state index in [1.165, 1.54) is 18.2 Å². The van der Waals surface area contributed by atoms with Crippen LogP contribution in [0.5, 0.6) is 0 Å². The highest BCUT2D eigenvalue weighted by atomic mass is 16.6. The molecule has 182 valence electrons. The first kappa shape index (κ1) is 24.8. The van der Waals surface area contributed by atoms with Crippen LogP contribution in [0.2, 0.25) is 0 Å². The number of rotatable bonds is 8. The predicted molar refractivity (Wildman–Crippen MR) is 122 cm³/mol. The summed E-state index contributed by atoms with van der Waals surface area (Å²) in [5.41, 5.74) is -3.48. The van der Waals surface area contributed by atoms with Crippen LogP contribution in [0.4, 0.5) is 34.1 Å². The van der Waals surface area contributed by atoms with Crippen molar-refractivity contribution >= 4 is 45.9 Å². The summed E-state index contributed by atoms with van der Waals surface area (Å²) in [4.78, 5) is 66.0. The molecule has 36 heavy (non-hydrogen) atoms. The standard InChI is InChI=1S/C20H12N6O10/c27-19(21-15-6-4-13(23(29)30)9-17(15)25(33)34)11-2-1-3-12(8-11)20(28)22-16-7-5-14(24(31)32)10-18(16)26(35)36/h1-10H,(H,21,27)(H,22,28). The number of carbonyl (C=O) groups is 2. The molecule has 2 amide bonds. The molecule has 0 fully saturated rings. The zero-order chi connectivity index (χ0) is 26.6. The highest BCUT2D eigenvalue weighted by Crippen LogP contribution is 2.30. The van der Waals surface area contributed by atoms with Gasteiger partial charge in [-0.05, 0) is 30.3 Å². The lowest BCUT2D eigenvalue weighted by Crippen LogP contribution is -2.16. The molecule has 0 bridgehead atoms. The van der Waals surface area contributed by atoms with Crippen molar-refractivity contribution in [1.29, 1.82) is 0 Å². The molecule has 16 heteroatoms. The Labute approximate surface area is 198 Å². The second-order valence-corrected chi connectivity index (χ2v) is 6.92. The van der Waals surface area contributed by atoms with Crippen LogP contribution in [0.15, 0.2) is 60.7 Å². The Balaban J connectivity index is 1.85. The highest BCUT2D eigenvalue weighted by Gasteiger charge is 2.23. The molecule has 0 unspecified atom stereocenters. The molecule has 0 saturated carbocycles. The third kappa shape index (κ3) is 5.39. The Kier molecular flexibility index (Phi) is 6.90. The van der Waals surface area contributed by atoms with Crippen LogP contribution in [0, 0.1) is 40.5 Å². The van der Waals surface area contributed by atoms with E-state index < -0.39 is 54.3 Å². The van der Waals surface area contributed by atoms with Crippen molar-refractivity contribution in [1.82, 2.24) is 0 Å². The van der Waals surface area contributed by atoms with Gasteiger partial charge >= 0.3 is 0 Å². The minimum Gasteiger partial charge on any atom is -0.316 e. The first-order valence-corrected chi connectivity index (χ1v) is 9.56. The van der Waals surface area contributed by atoms with Crippen LogP contribution in [0.25, 0.3) is 0 Å². The van der Waals surface area contributed by atoms with Crippen LogP contribution in [-0.4, -0.2) is 31.5 Å². The zero-order valence-electron chi connectivity index (χ0n) is 17.6. The lowest BCUT2D eigenvalue weighted by atomic mass is 10.1. The van der Waals surface area contributed by atoms with Crippen LogP contribution in [0.3, 0.4) is 0 Å². The molecule has 3 aromatic rings. The molecule has 0 aliphatic rings. The zero-order valence-corrected chi connectivity index (χ0v) is 17.6. The average molecular weight is 496 g/mol. The number of carbonyl (C=O) groups excluding carboxylic acids is 2. The van der Waals surface area contributed by atoms with Gasteiger partial charge in [0.05, 0.1) is 31.8 Å². The van der Waals surface area contributed by atoms with Crippen LogP contribution in [-0.2, 0) is 0 Å². The number of nitro benzene ring substituents is 4. The minimum atomic E-state index is -0.913. The van der Waals surface area contributed by atoms with Gasteiger partial charge in [-0.1, -0.05) is 6.07 Å². The predicted octanol–water partition coefficient (Wildman–Crippen LogP) is 3.82. The number of anilines is 2. The van der Waals surface area contributed by atoms with Crippen molar-refractivity contribution in [3.8, 4) is 0 Å². The van der Waals surface area contributed by atoms with Gasteiger partial charge in [-0.25, -0.2) is 0 Å². The Morgan fingerprint density at radius 1 is 0.556 bits per heavy atom. The van der Waals surface area contributed by atoms with Crippen molar-refractivity contribution in [3.63, 3.8) is 0 Å². The fraction of sp³-hybridized carbons (Fsp3) is 0. The van der Waals surface area contributed by atoms with E-state index in [2.05, 4.69) is 10.6 Å². The van der Waals surface area contributed by atoms with E-state index in [1.54, 1.807) is 0 Å². The van der Waals surface area contributed by atoms with E-state index in [0.29, 0.717) is 12.1 Å². The summed E-state index contributed by atoms with van der Waals surface area (Å²) in [6, 6.07) is 10.2. The molecule has 0 aromatic heterocycles. The molecule has 3 aromatic carbocycles. The van der Waals surface area contributed by atoms with Gasteiger partial charge in [0.2, 0.25) is 0 Å². The number of nitrogens with zero attached hydrogens (tertiary/aromatic N) is 4. The molecule has 0 heterocycles. The van der Waals surface area contributed by atoms with E-state index >= 15 is 0 Å². The van der Waals surface area contributed by atoms with Gasteiger partial charge in [0.15, 0.2) is 0 Å². The normalized spacial score (nSPS) is 10.2. The van der Waals surface area contributed by atoms with Gasteiger partial charge in [-0.15, -0.1) is 0 Å². The molecule has 0 saturated heterocycles. The molecule has 0 spiro atoms. The second-order valence-electron chi connectivity index (χ2n) is 6.92. The molecular formula is C20H12N6O10. The molecule has 0 aliphatic carbocycles. The Morgan fingerprint density at radius 3 is 1.28 bits per heavy atom. The maximum atomic E-state index is 12.6. The second kappa shape index (κ2) is 10.00. The SMILES string of the molecule is O=C(Nc1ccc([N+](=O)[O-])cc1[N+](=O)[O-])c1cccc(C(=O)Nc2ccc([N+](=O)[O-])cc2[N+](=O)[O-])c1. The van der Waals surface area contributed by atoms with E-state index in [9.17, 15) is 50.0 Å². The molecular weight excluding hydrogens is 484 g/mol. The Hall–Kier alpha value is -5.80. The molecule has 0 atom stereocenters.